The van der Waals surface area contributed by atoms with Crippen LogP contribution in [0.15, 0.2) is 17.0 Å². The fourth-order valence-corrected chi connectivity index (χ4v) is 3.18. The predicted octanol–water partition coefficient (Wildman–Crippen LogP) is 3.89. The van der Waals surface area contributed by atoms with Crippen LogP contribution in [0.1, 0.15) is 25.8 Å². The lowest BCUT2D eigenvalue weighted by molar-refractivity contribution is -0.124. The summed E-state index contributed by atoms with van der Waals surface area (Å²) in [5, 5.41) is 9.55. The van der Waals surface area contributed by atoms with Crippen LogP contribution in [0.4, 0.5) is 4.79 Å². The fourth-order valence-electron chi connectivity index (χ4n) is 2.03. The van der Waals surface area contributed by atoms with Crippen molar-refractivity contribution in [3.05, 3.63) is 27.6 Å². The predicted molar refractivity (Wildman–Crippen MR) is 87.2 cm³/mol. The van der Waals surface area contributed by atoms with E-state index in [0.29, 0.717) is 16.9 Å². The van der Waals surface area contributed by atoms with Gasteiger partial charge in [0.1, 0.15) is 0 Å². The average molecular weight is 342 g/mol. The Morgan fingerprint density at radius 2 is 2.14 bits per heavy atom. The molecule has 5 nitrogen and oxygen atoms in total. The number of nitrogens with zero attached hydrogens (tertiary/aromatic N) is 1. The van der Waals surface area contributed by atoms with Crippen molar-refractivity contribution in [2.45, 2.75) is 26.3 Å². The number of imide groups is 1. The summed E-state index contributed by atoms with van der Waals surface area (Å²) < 4.78 is 5.02. The normalized spacial score (nSPS) is 18.2. The molecule has 1 saturated heterocycles. The number of phenols is 1. The Bertz CT molecular complexity index is 659. The first-order valence-electron chi connectivity index (χ1n) is 6.72. The lowest BCUT2D eigenvalue weighted by Crippen LogP contribution is -2.36. The topological polar surface area (TPSA) is 66.8 Å². The molecule has 1 aromatic carbocycles. The molecule has 7 heteroatoms. The standard InChI is InChI=1S/C15H16ClNO4S/c1-4-8(2)17-14(19)12(22-15(17)20)7-9-5-10(16)13(18)11(6-9)21-3/h5-8,18H,4H2,1-3H3. The molecule has 0 aromatic heterocycles. The number of ether oxygens (including phenoxy) is 1. The van der Waals surface area contributed by atoms with Crippen LogP contribution in [0, 0.1) is 0 Å². The van der Waals surface area contributed by atoms with E-state index in [9.17, 15) is 14.7 Å². The maximum Gasteiger partial charge on any atom is 0.293 e. The van der Waals surface area contributed by atoms with Gasteiger partial charge in [-0.3, -0.25) is 14.5 Å². The smallest absolute Gasteiger partial charge is 0.293 e. The Hall–Kier alpha value is -1.66. The Balaban J connectivity index is 2.37. The third-order valence-corrected chi connectivity index (χ3v) is 4.60. The first kappa shape index (κ1) is 16.7. The highest BCUT2D eigenvalue weighted by molar-refractivity contribution is 8.18. The zero-order chi connectivity index (χ0) is 16.4. The lowest BCUT2D eigenvalue weighted by Gasteiger charge is -2.19. The van der Waals surface area contributed by atoms with Crippen LogP contribution in [0.3, 0.4) is 0 Å². The summed E-state index contributed by atoms with van der Waals surface area (Å²) in [5.74, 6) is -0.263. The monoisotopic (exact) mass is 341 g/mol. The van der Waals surface area contributed by atoms with E-state index < -0.39 is 0 Å². The number of halogens is 1. The summed E-state index contributed by atoms with van der Waals surface area (Å²) in [7, 11) is 1.41. The van der Waals surface area contributed by atoms with Crippen molar-refractivity contribution in [3.8, 4) is 11.5 Å². The van der Waals surface area contributed by atoms with E-state index in [1.807, 2.05) is 13.8 Å². The minimum atomic E-state index is -0.312. The maximum absolute atomic E-state index is 12.3. The van der Waals surface area contributed by atoms with Gasteiger partial charge in [0.25, 0.3) is 11.1 Å². The zero-order valence-electron chi connectivity index (χ0n) is 12.4. The van der Waals surface area contributed by atoms with E-state index in [-0.39, 0.29) is 33.7 Å². The van der Waals surface area contributed by atoms with Crippen molar-refractivity contribution in [3.63, 3.8) is 0 Å². The number of benzene rings is 1. The van der Waals surface area contributed by atoms with Gasteiger partial charge in [-0.25, -0.2) is 0 Å². The van der Waals surface area contributed by atoms with Gasteiger partial charge in [0.2, 0.25) is 0 Å². The molecule has 0 saturated carbocycles. The van der Waals surface area contributed by atoms with Gasteiger partial charge in [-0.2, -0.15) is 0 Å². The molecule has 2 amide bonds. The molecule has 1 atom stereocenters. The third kappa shape index (κ3) is 3.08. The van der Waals surface area contributed by atoms with Crippen molar-refractivity contribution < 1.29 is 19.4 Å². The number of carbonyl (C=O) groups excluding carboxylic acids is 2. The van der Waals surface area contributed by atoms with Gasteiger partial charge in [-0.15, -0.1) is 0 Å². The first-order chi connectivity index (χ1) is 10.4. The number of hydrogen-bond donors (Lipinski definition) is 1. The molecule has 0 radical (unpaired) electrons. The van der Waals surface area contributed by atoms with Crippen LogP contribution in [0.25, 0.3) is 6.08 Å². The second-order valence-electron chi connectivity index (χ2n) is 4.86. The highest BCUT2D eigenvalue weighted by Crippen LogP contribution is 2.38. The number of aromatic hydroxyl groups is 1. The van der Waals surface area contributed by atoms with E-state index in [2.05, 4.69) is 0 Å². The summed E-state index contributed by atoms with van der Waals surface area (Å²) in [4.78, 5) is 25.9. The molecular formula is C15H16ClNO4S. The molecule has 0 aliphatic carbocycles. The molecule has 1 aliphatic heterocycles. The highest BCUT2D eigenvalue weighted by atomic mass is 35.5. The van der Waals surface area contributed by atoms with Crippen LogP contribution >= 0.6 is 23.4 Å². The van der Waals surface area contributed by atoms with Gasteiger partial charge >= 0.3 is 0 Å². The van der Waals surface area contributed by atoms with Gasteiger partial charge in [0.15, 0.2) is 11.5 Å². The van der Waals surface area contributed by atoms with Crippen molar-refractivity contribution in [1.82, 2.24) is 4.90 Å². The SMILES string of the molecule is CCC(C)N1C(=O)SC(=Cc2cc(Cl)c(O)c(OC)c2)C1=O. The van der Waals surface area contributed by atoms with Crippen LogP contribution in [0.2, 0.25) is 5.02 Å². The molecule has 1 fully saturated rings. The van der Waals surface area contributed by atoms with E-state index in [1.165, 1.54) is 18.1 Å². The zero-order valence-corrected chi connectivity index (χ0v) is 14.0. The van der Waals surface area contributed by atoms with Gasteiger partial charge in [0.05, 0.1) is 17.0 Å². The average Bonchev–Trinajstić information content (AvgIpc) is 2.76. The fraction of sp³-hybridized carbons (Fsp3) is 0.333. The molecule has 0 spiro atoms. The second kappa shape index (κ2) is 6.62. The van der Waals surface area contributed by atoms with Crippen molar-refractivity contribution in [2.24, 2.45) is 0 Å². The van der Waals surface area contributed by atoms with Crippen LogP contribution in [-0.2, 0) is 4.79 Å². The summed E-state index contributed by atoms with van der Waals surface area (Å²) in [6, 6.07) is 2.92. The molecule has 1 unspecified atom stereocenters. The summed E-state index contributed by atoms with van der Waals surface area (Å²) in [5.41, 5.74) is 0.578. The molecule has 0 bridgehead atoms. The quantitative estimate of drug-likeness (QED) is 0.841. The Morgan fingerprint density at radius 3 is 2.73 bits per heavy atom. The Kier molecular flexibility index (Phi) is 5.03. The summed E-state index contributed by atoms with van der Waals surface area (Å²) in [6.45, 7) is 3.75. The second-order valence-corrected chi connectivity index (χ2v) is 6.26. The molecule has 22 heavy (non-hydrogen) atoms. The number of rotatable bonds is 4. The molecule has 2 rings (SSSR count). The lowest BCUT2D eigenvalue weighted by atomic mass is 10.1. The minimum Gasteiger partial charge on any atom is -0.503 e. The number of amides is 2. The molecule has 1 aromatic rings. The van der Waals surface area contributed by atoms with Gasteiger partial charge < -0.3 is 9.84 Å². The van der Waals surface area contributed by atoms with Crippen LogP contribution < -0.4 is 4.74 Å². The molecular weight excluding hydrogens is 326 g/mol. The van der Waals surface area contributed by atoms with Crippen molar-refractivity contribution in [2.75, 3.05) is 7.11 Å². The van der Waals surface area contributed by atoms with Crippen LogP contribution in [-0.4, -0.2) is 34.3 Å². The van der Waals surface area contributed by atoms with Gasteiger partial charge in [0, 0.05) is 6.04 Å². The van der Waals surface area contributed by atoms with E-state index in [4.69, 9.17) is 16.3 Å². The van der Waals surface area contributed by atoms with E-state index in [0.717, 1.165) is 11.8 Å². The Morgan fingerprint density at radius 1 is 1.45 bits per heavy atom. The number of carbonyl (C=O) groups is 2. The highest BCUT2D eigenvalue weighted by Gasteiger charge is 2.37. The van der Waals surface area contributed by atoms with Crippen molar-refractivity contribution in [1.29, 1.82) is 0 Å². The minimum absolute atomic E-state index is 0.117. The molecule has 1 aliphatic rings. The molecule has 118 valence electrons. The molecule has 1 heterocycles. The number of hydrogen-bond acceptors (Lipinski definition) is 5. The van der Waals surface area contributed by atoms with Crippen LogP contribution in [0.5, 0.6) is 11.5 Å². The third-order valence-electron chi connectivity index (χ3n) is 3.42. The van der Waals surface area contributed by atoms with Gasteiger partial charge in [-0.1, -0.05) is 18.5 Å². The number of thioether (sulfide) groups is 1. The maximum atomic E-state index is 12.3. The van der Waals surface area contributed by atoms with Gasteiger partial charge in [-0.05, 0) is 48.9 Å². The Labute approximate surface area is 137 Å². The number of phenolic OH excluding ortho intramolecular Hbond substituents is 1. The van der Waals surface area contributed by atoms with E-state index >= 15 is 0 Å². The van der Waals surface area contributed by atoms with E-state index in [1.54, 1.807) is 12.1 Å². The molecule has 1 N–H and O–H groups in total. The summed E-state index contributed by atoms with van der Waals surface area (Å²) >= 11 is 6.82. The largest absolute Gasteiger partial charge is 0.503 e. The van der Waals surface area contributed by atoms with Crippen molar-refractivity contribution >= 4 is 40.6 Å². The number of methoxy groups -OCH3 is 1. The summed E-state index contributed by atoms with van der Waals surface area (Å²) in [6.07, 6.45) is 2.27. The first-order valence-corrected chi connectivity index (χ1v) is 7.92.